The molecule has 2 aromatic carbocycles. The van der Waals surface area contributed by atoms with Gasteiger partial charge in [-0.25, -0.2) is 8.42 Å². The van der Waals surface area contributed by atoms with Crippen LogP contribution in [0, 0.1) is 13.8 Å². The van der Waals surface area contributed by atoms with E-state index in [0.717, 1.165) is 21.9 Å². The number of hydrogen-bond acceptors (Lipinski definition) is 4. The van der Waals surface area contributed by atoms with Gasteiger partial charge in [-0.3, -0.25) is 9.10 Å². The molecule has 6 nitrogen and oxygen atoms in total. The third-order valence-electron chi connectivity index (χ3n) is 4.32. The Labute approximate surface area is 171 Å². The number of sulfonamides is 1. The van der Waals surface area contributed by atoms with E-state index in [1.165, 1.54) is 12.5 Å². The third-order valence-corrected chi connectivity index (χ3v) is 5.81. The van der Waals surface area contributed by atoms with E-state index in [1.54, 1.807) is 24.3 Å². The lowest BCUT2D eigenvalue weighted by Gasteiger charge is -2.28. The molecule has 8 heteroatoms. The molecule has 1 atom stereocenters. The zero-order valence-corrected chi connectivity index (χ0v) is 18.0. The molecule has 0 aliphatic carbocycles. The first-order chi connectivity index (χ1) is 13.1. The second-order valence-electron chi connectivity index (χ2n) is 6.60. The van der Waals surface area contributed by atoms with E-state index in [4.69, 9.17) is 16.3 Å². The Morgan fingerprint density at radius 2 is 1.79 bits per heavy atom. The summed E-state index contributed by atoms with van der Waals surface area (Å²) in [5.41, 5.74) is 2.68. The summed E-state index contributed by atoms with van der Waals surface area (Å²) in [6.45, 7) is 6.10. The number of aryl methyl sites for hydroxylation is 2. The molecule has 0 bridgehead atoms. The topological polar surface area (TPSA) is 75.7 Å². The Morgan fingerprint density at radius 1 is 1.14 bits per heavy atom. The highest BCUT2D eigenvalue weighted by Gasteiger charge is 2.28. The second kappa shape index (κ2) is 9.30. The van der Waals surface area contributed by atoms with Gasteiger partial charge in [0.05, 0.1) is 18.5 Å². The van der Waals surface area contributed by atoms with Crippen molar-refractivity contribution in [1.29, 1.82) is 0 Å². The normalized spacial score (nSPS) is 12.3. The number of nitrogens with one attached hydrogen (secondary N) is 1. The number of hydrogen-bond donors (Lipinski definition) is 1. The van der Waals surface area contributed by atoms with E-state index in [1.807, 2.05) is 32.0 Å². The minimum atomic E-state index is -3.66. The van der Waals surface area contributed by atoms with Crippen molar-refractivity contribution in [2.45, 2.75) is 26.8 Å². The number of carbonyl (C=O) groups excluding carboxylic acids is 1. The Kier molecular flexibility index (Phi) is 7.32. The van der Waals surface area contributed by atoms with Crippen LogP contribution in [0.2, 0.25) is 5.02 Å². The highest BCUT2D eigenvalue weighted by Crippen LogP contribution is 2.23. The van der Waals surface area contributed by atoms with Gasteiger partial charge in [0.2, 0.25) is 15.9 Å². The molecule has 0 saturated carbocycles. The predicted molar refractivity (Wildman–Crippen MR) is 113 cm³/mol. The van der Waals surface area contributed by atoms with E-state index in [9.17, 15) is 13.2 Å². The van der Waals surface area contributed by atoms with Gasteiger partial charge in [-0.15, -0.1) is 0 Å². The van der Waals surface area contributed by atoms with Crippen molar-refractivity contribution in [2.24, 2.45) is 0 Å². The van der Waals surface area contributed by atoms with Gasteiger partial charge < -0.3 is 10.1 Å². The van der Waals surface area contributed by atoms with Crippen LogP contribution in [0.3, 0.4) is 0 Å². The van der Waals surface area contributed by atoms with Gasteiger partial charge in [-0.05, 0) is 68.3 Å². The van der Waals surface area contributed by atoms with Crippen molar-refractivity contribution in [3.05, 3.63) is 58.6 Å². The lowest BCUT2D eigenvalue weighted by atomic mass is 10.1. The maximum atomic E-state index is 12.5. The first-order valence-corrected chi connectivity index (χ1v) is 11.0. The molecule has 0 saturated heterocycles. The summed E-state index contributed by atoms with van der Waals surface area (Å²) in [7, 11) is -3.66. The Hall–Kier alpha value is -2.25. The van der Waals surface area contributed by atoms with Gasteiger partial charge in [-0.2, -0.15) is 0 Å². The molecular weight excluding hydrogens is 400 g/mol. The smallest absolute Gasteiger partial charge is 0.243 e. The minimum Gasteiger partial charge on any atom is -0.492 e. The van der Waals surface area contributed by atoms with Crippen LogP contribution in [-0.4, -0.2) is 39.8 Å². The van der Waals surface area contributed by atoms with E-state index < -0.39 is 22.0 Å². The SMILES string of the molecule is Cc1ccc(OCCNC(=O)[C@H](C)N(c2ccc(Cl)cc2)S(C)(=O)=O)cc1C. The number of rotatable bonds is 8. The van der Waals surface area contributed by atoms with Crippen molar-refractivity contribution in [1.82, 2.24) is 5.32 Å². The maximum absolute atomic E-state index is 12.5. The highest BCUT2D eigenvalue weighted by molar-refractivity contribution is 7.92. The van der Waals surface area contributed by atoms with Crippen molar-refractivity contribution < 1.29 is 17.9 Å². The summed E-state index contributed by atoms with van der Waals surface area (Å²) in [5, 5.41) is 3.20. The fourth-order valence-corrected chi connectivity index (χ4v) is 3.99. The van der Waals surface area contributed by atoms with Gasteiger partial charge in [0.25, 0.3) is 0 Å². The zero-order valence-electron chi connectivity index (χ0n) is 16.4. The summed E-state index contributed by atoms with van der Waals surface area (Å²) in [5.74, 6) is 0.313. The van der Waals surface area contributed by atoms with E-state index in [2.05, 4.69) is 5.32 Å². The fraction of sp³-hybridized carbons (Fsp3) is 0.350. The summed E-state index contributed by atoms with van der Waals surface area (Å²) < 4.78 is 31.2. The van der Waals surface area contributed by atoms with Crippen molar-refractivity contribution in [2.75, 3.05) is 23.7 Å². The molecule has 1 N–H and O–H groups in total. The summed E-state index contributed by atoms with van der Waals surface area (Å²) in [6.07, 6.45) is 1.06. The number of benzene rings is 2. The number of anilines is 1. The van der Waals surface area contributed by atoms with E-state index in [-0.39, 0.29) is 13.2 Å². The predicted octanol–water partition coefficient (Wildman–Crippen LogP) is 3.31. The third kappa shape index (κ3) is 5.87. The molecule has 0 fully saturated rings. The van der Waals surface area contributed by atoms with E-state index >= 15 is 0 Å². The molecule has 0 spiro atoms. The number of halogens is 1. The minimum absolute atomic E-state index is 0.258. The molecule has 28 heavy (non-hydrogen) atoms. The van der Waals surface area contributed by atoms with Crippen molar-refractivity contribution in [3.63, 3.8) is 0 Å². The van der Waals surface area contributed by atoms with Gasteiger partial charge in [0.1, 0.15) is 18.4 Å². The van der Waals surface area contributed by atoms with Crippen LogP contribution in [0.1, 0.15) is 18.1 Å². The van der Waals surface area contributed by atoms with Crippen LogP contribution in [0.5, 0.6) is 5.75 Å². The average molecular weight is 425 g/mol. The van der Waals surface area contributed by atoms with Crippen molar-refractivity contribution in [3.8, 4) is 5.75 Å². The van der Waals surface area contributed by atoms with Gasteiger partial charge >= 0.3 is 0 Å². The number of amides is 1. The van der Waals surface area contributed by atoms with Gasteiger partial charge in [-0.1, -0.05) is 17.7 Å². The van der Waals surface area contributed by atoms with Crippen LogP contribution in [0.4, 0.5) is 5.69 Å². The largest absolute Gasteiger partial charge is 0.492 e. The fourth-order valence-electron chi connectivity index (χ4n) is 2.69. The lowest BCUT2D eigenvalue weighted by Crippen LogP contribution is -2.48. The molecule has 0 unspecified atom stereocenters. The van der Waals surface area contributed by atoms with E-state index in [0.29, 0.717) is 10.7 Å². The first kappa shape index (κ1) is 22.0. The molecule has 0 aromatic heterocycles. The van der Waals surface area contributed by atoms with Crippen LogP contribution in [0.15, 0.2) is 42.5 Å². The van der Waals surface area contributed by atoms with Gasteiger partial charge in [0, 0.05) is 5.02 Å². The van der Waals surface area contributed by atoms with Crippen LogP contribution in [0.25, 0.3) is 0 Å². The number of carbonyl (C=O) groups is 1. The van der Waals surface area contributed by atoms with Crippen LogP contribution < -0.4 is 14.4 Å². The van der Waals surface area contributed by atoms with Crippen LogP contribution in [-0.2, 0) is 14.8 Å². The molecule has 0 aliphatic rings. The quantitative estimate of drug-likeness (QED) is 0.659. The molecule has 0 aliphatic heterocycles. The molecule has 2 aromatic rings. The zero-order chi connectivity index (χ0) is 20.9. The average Bonchev–Trinajstić information content (AvgIpc) is 2.62. The Morgan fingerprint density at radius 3 is 2.36 bits per heavy atom. The first-order valence-electron chi connectivity index (χ1n) is 8.82. The molecule has 1 amide bonds. The van der Waals surface area contributed by atoms with Crippen LogP contribution >= 0.6 is 11.6 Å². The Bertz CT molecular complexity index is 930. The Balaban J connectivity index is 1.97. The van der Waals surface area contributed by atoms with Gasteiger partial charge in [0.15, 0.2) is 0 Å². The number of ether oxygens (including phenoxy) is 1. The summed E-state index contributed by atoms with van der Waals surface area (Å²) in [4.78, 5) is 12.5. The molecule has 0 radical (unpaired) electrons. The second-order valence-corrected chi connectivity index (χ2v) is 8.89. The highest BCUT2D eigenvalue weighted by atomic mass is 35.5. The molecule has 2 rings (SSSR count). The monoisotopic (exact) mass is 424 g/mol. The van der Waals surface area contributed by atoms with Crippen molar-refractivity contribution >= 4 is 33.2 Å². The number of nitrogens with zero attached hydrogens (tertiary/aromatic N) is 1. The maximum Gasteiger partial charge on any atom is 0.243 e. The summed E-state index contributed by atoms with van der Waals surface area (Å²) >= 11 is 5.86. The summed E-state index contributed by atoms with van der Waals surface area (Å²) in [6, 6.07) is 11.2. The lowest BCUT2D eigenvalue weighted by molar-refractivity contribution is -0.121. The molecule has 152 valence electrons. The molecule has 0 heterocycles. The standard InChI is InChI=1S/C20H25ClN2O4S/c1-14-5-10-19(13-15(14)2)27-12-11-22-20(24)16(3)23(28(4,25)26)18-8-6-17(21)7-9-18/h5-10,13,16H,11-12H2,1-4H3,(H,22,24)/t16-/m0/s1. The molecular formula is C20H25ClN2O4S.